The van der Waals surface area contributed by atoms with Gasteiger partial charge in [-0.15, -0.1) is 0 Å². The normalized spacial score (nSPS) is 10.8. The van der Waals surface area contributed by atoms with Crippen molar-refractivity contribution >= 4 is 5.97 Å². The van der Waals surface area contributed by atoms with Crippen LogP contribution in [0.1, 0.15) is 43.7 Å². The van der Waals surface area contributed by atoms with Crippen LogP contribution in [0.3, 0.4) is 0 Å². The molecule has 0 atom stereocenters. The molecule has 0 saturated heterocycles. The average Bonchev–Trinajstić information content (AvgIpc) is 2.37. The lowest BCUT2D eigenvalue weighted by atomic mass is 9.98. The minimum atomic E-state index is -0.747. The van der Waals surface area contributed by atoms with Crippen molar-refractivity contribution in [2.45, 2.75) is 39.5 Å². The molecule has 0 aromatic heterocycles. The predicted molar refractivity (Wildman–Crippen MR) is 80.5 cm³/mol. The molecule has 0 unspecified atom stereocenters. The van der Waals surface area contributed by atoms with E-state index < -0.39 is 5.97 Å². The number of nitrogens with one attached hydrogen (secondary N) is 1. The Balaban J connectivity index is 2.22. The molecule has 0 aliphatic rings. The fourth-order valence-corrected chi connectivity index (χ4v) is 2.12. The molecule has 0 saturated carbocycles. The number of benzene rings is 1. The van der Waals surface area contributed by atoms with Crippen LogP contribution in [0, 0.1) is 6.92 Å². The molecule has 0 bridgehead atoms. The first kappa shape index (κ1) is 16.5. The average molecular weight is 279 g/mol. The Morgan fingerprint density at radius 1 is 1.35 bits per heavy atom. The van der Waals surface area contributed by atoms with Crippen LogP contribution in [0.4, 0.5) is 0 Å². The molecule has 1 aromatic carbocycles. The lowest BCUT2D eigenvalue weighted by Crippen LogP contribution is -2.22. The summed E-state index contributed by atoms with van der Waals surface area (Å²) in [7, 11) is 0. The summed E-state index contributed by atoms with van der Waals surface area (Å²) in [5.41, 5.74) is 2.61. The summed E-state index contributed by atoms with van der Waals surface area (Å²) in [5.74, 6) is 0.669. The molecule has 4 nitrogen and oxygen atoms in total. The van der Waals surface area contributed by atoms with E-state index in [4.69, 9.17) is 9.84 Å². The molecular weight excluding hydrogens is 254 g/mol. The van der Waals surface area contributed by atoms with Crippen LogP contribution in [0.15, 0.2) is 18.2 Å². The van der Waals surface area contributed by atoms with Gasteiger partial charge in [0.1, 0.15) is 12.4 Å². The summed E-state index contributed by atoms with van der Waals surface area (Å²) in [6.07, 6.45) is 0.862. The van der Waals surface area contributed by atoms with Gasteiger partial charge in [0.2, 0.25) is 0 Å². The maximum atomic E-state index is 10.3. The second kappa shape index (κ2) is 8.59. The van der Waals surface area contributed by atoms with Crippen molar-refractivity contribution < 1.29 is 14.6 Å². The van der Waals surface area contributed by atoms with E-state index >= 15 is 0 Å². The topological polar surface area (TPSA) is 58.6 Å². The molecule has 0 aliphatic carbocycles. The van der Waals surface area contributed by atoms with E-state index in [1.54, 1.807) is 0 Å². The van der Waals surface area contributed by atoms with Crippen LogP contribution in [-0.2, 0) is 4.79 Å². The fourth-order valence-electron chi connectivity index (χ4n) is 2.12. The molecule has 0 radical (unpaired) electrons. The monoisotopic (exact) mass is 279 g/mol. The Kier molecular flexibility index (Phi) is 7.09. The first-order valence-electron chi connectivity index (χ1n) is 7.16. The number of hydrogen-bond donors (Lipinski definition) is 2. The lowest BCUT2D eigenvalue weighted by Gasteiger charge is -2.12. The summed E-state index contributed by atoms with van der Waals surface area (Å²) in [6.45, 7) is 8.50. The van der Waals surface area contributed by atoms with Gasteiger partial charge in [0.25, 0.3) is 0 Å². The zero-order valence-electron chi connectivity index (χ0n) is 12.6. The van der Waals surface area contributed by atoms with Crippen LogP contribution in [0.25, 0.3) is 0 Å². The third-order valence-corrected chi connectivity index (χ3v) is 3.16. The largest absolute Gasteiger partial charge is 0.492 e. The molecule has 20 heavy (non-hydrogen) atoms. The quantitative estimate of drug-likeness (QED) is 0.682. The number of ether oxygens (including phenoxy) is 1. The van der Waals surface area contributed by atoms with Gasteiger partial charge in [-0.3, -0.25) is 4.79 Å². The first-order chi connectivity index (χ1) is 9.50. The van der Waals surface area contributed by atoms with Gasteiger partial charge in [-0.25, -0.2) is 0 Å². The maximum absolute atomic E-state index is 10.3. The molecular formula is C16H25NO3. The zero-order valence-corrected chi connectivity index (χ0v) is 12.6. The zero-order chi connectivity index (χ0) is 15.0. The molecule has 2 N–H and O–H groups in total. The van der Waals surface area contributed by atoms with Gasteiger partial charge >= 0.3 is 5.97 Å². The number of carboxylic acid groups (broad SMARTS) is 1. The van der Waals surface area contributed by atoms with E-state index in [1.807, 2.05) is 6.07 Å². The van der Waals surface area contributed by atoms with Crippen molar-refractivity contribution in [2.75, 3.05) is 19.7 Å². The van der Waals surface area contributed by atoms with Gasteiger partial charge in [-0.2, -0.15) is 0 Å². The van der Waals surface area contributed by atoms with Crippen molar-refractivity contribution in [1.29, 1.82) is 0 Å². The molecule has 1 rings (SSSR count). The molecule has 0 aliphatic heterocycles. The van der Waals surface area contributed by atoms with Crippen molar-refractivity contribution in [1.82, 2.24) is 5.32 Å². The van der Waals surface area contributed by atoms with Crippen LogP contribution < -0.4 is 10.1 Å². The van der Waals surface area contributed by atoms with Gasteiger partial charge in [0.05, 0.1) is 0 Å². The number of rotatable bonds is 9. The second-order valence-corrected chi connectivity index (χ2v) is 5.27. The number of aryl methyl sites for hydroxylation is 1. The van der Waals surface area contributed by atoms with Crippen molar-refractivity contribution in [3.05, 3.63) is 29.3 Å². The standard InChI is InChI=1S/C16H25NO3/c1-12(2)15-7-6-14(11-13(15)3)20-10-9-17-8-4-5-16(18)19/h6-7,11-12,17H,4-5,8-10H2,1-3H3,(H,18,19). The highest BCUT2D eigenvalue weighted by Crippen LogP contribution is 2.23. The third-order valence-electron chi connectivity index (χ3n) is 3.16. The van der Waals surface area contributed by atoms with E-state index in [2.05, 4.69) is 38.2 Å². The Labute approximate surface area is 121 Å². The third kappa shape index (κ3) is 6.06. The van der Waals surface area contributed by atoms with Gasteiger partial charge < -0.3 is 15.2 Å². The summed E-state index contributed by atoms with van der Waals surface area (Å²) in [4.78, 5) is 10.3. The molecule has 4 heteroatoms. The number of carbonyl (C=O) groups is 1. The maximum Gasteiger partial charge on any atom is 0.303 e. The minimum absolute atomic E-state index is 0.212. The minimum Gasteiger partial charge on any atom is -0.492 e. The number of carboxylic acids is 1. The first-order valence-corrected chi connectivity index (χ1v) is 7.16. The van der Waals surface area contributed by atoms with Crippen molar-refractivity contribution in [2.24, 2.45) is 0 Å². The van der Waals surface area contributed by atoms with Gasteiger partial charge in [-0.1, -0.05) is 19.9 Å². The highest BCUT2D eigenvalue weighted by Gasteiger charge is 2.04. The molecule has 0 heterocycles. The summed E-state index contributed by atoms with van der Waals surface area (Å²) < 4.78 is 5.67. The van der Waals surface area contributed by atoms with Gasteiger partial charge in [0, 0.05) is 13.0 Å². The smallest absolute Gasteiger partial charge is 0.303 e. The highest BCUT2D eigenvalue weighted by atomic mass is 16.5. The van der Waals surface area contributed by atoms with Crippen LogP contribution in [0.2, 0.25) is 0 Å². The number of aliphatic carboxylic acids is 1. The SMILES string of the molecule is Cc1cc(OCCNCCCC(=O)O)ccc1C(C)C. The second-order valence-electron chi connectivity index (χ2n) is 5.27. The molecule has 1 aromatic rings. The summed E-state index contributed by atoms with van der Waals surface area (Å²) in [5, 5.41) is 11.7. The van der Waals surface area contributed by atoms with E-state index in [1.165, 1.54) is 11.1 Å². The molecule has 0 fully saturated rings. The summed E-state index contributed by atoms with van der Waals surface area (Å²) in [6, 6.07) is 6.20. The van der Waals surface area contributed by atoms with Crippen LogP contribution in [-0.4, -0.2) is 30.8 Å². The Morgan fingerprint density at radius 3 is 2.70 bits per heavy atom. The van der Waals surface area contributed by atoms with E-state index in [9.17, 15) is 4.79 Å². The van der Waals surface area contributed by atoms with Crippen molar-refractivity contribution in [3.63, 3.8) is 0 Å². The van der Waals surface area contributed by atoms with E-state index in [0.29, 0.717) is 25.5 Å². The number of hydrogen-bond acceptors (Lipinski definition) is 3. The van der Waals surface area contributed by atoms with E-state index in [-0.39, 0.29) is 6.42 Å². The van der Waals surface area contributed by atoms with Gasteiger partial charge in [0.15, 0.2) is 0 Å². The van der Waals surface area contributed by atoms with Crippen LogP contribution in [0.5, 0.6) is 5.75 Å². The van der Waals surface area contributed by atoms with Crippen LogP contribution >= 0.6 is 0 Å². The Hall–Kier alpha value is -1.55. The molecule has 0 spiro atoms. The summed E-state index contributed by atoms with van der Waals surface area (Å²) >= 11 is 0. The Morgan fingerprint density at radius 2 is 2.10 bits per heavy atom. The Bertz CT molecular complexity index is 430. The lowest BCUT2D eigenvalue weighted by molar-refractivity contribution is -0.137. The molecule has 112 valence electrons. The predicted octanol–water partition coefficient (Wildman–Crippen LogP) is 2.95. The van der Waals surface area contributed by atoms with Gasteiger partial charge in [-0.05, 0) is 49.1 Å². The highest BCUT2D eigenvalue weighted by molar-refractivity contribution is 5.66. The van der Waals surface area contributed by atoms with E-state index in [0.717, 1.165) is 12.3 Å². The van der Waals surface area contributed by atoms with Crippen molar-refractivity contribution in [3.8, 4) is 5.75 Å². The fraction of sp³-hybridized carbons (Fsp3) is 0.562. The molecule has 0 amide bonds.